The number of rotatable bonds is 7. The first kappa shape index (κ1) is 27.6. The highest BCUT2D eigenvalue weighted by molar-refractivity contribution is 9.28. The molecule has 11 nitrogen and oxygen atoms in total. The Bertz CT molecular complexity index is 1590. The molecule has 0 aliphatic carbocycles. The summed E-state index contributed by atoms with van der Waals surface area (Å²) >= 11 is 6.82. The van der Waals surface area contributed by atoms with E-state index in [0.29, 0.717) is 31.3 Å². The van der Waals surface area contributed by atoms with Crippen molar-refractivity contribution in [1.29, 1.82) is 0 Å². The fourth-order valence-corrected chi connectivity index (χ4v) is 5.19. The predicted molar refractivity (Wildman–Crippen MR) is 151 cm³/mol. The number of nitrogens with one attached hydrogen (secondary N) is 1. The van der Waals surface area contributed by atoms with Crippen molar-refractivity contribution in [3.05, 3.63) is 93.4 Å². The van der Waals surface area contributed by atoms with Gasteiger partial charge < -0.3 is 19.5 Å². The van der Waals surface area contributed by atoms with E-state index in [1.54, 1.807) is 59.2 Å². The van der Waals surface area contributed by atoms with Crippen LogP contribution in [0.15, 0.2) is 82.3 Å². The van der Waals surface area contributed by atoms with Gasteiger partial charge in [-0.2, -0.15) is 0 Å². The van der Waals surface area contributed by atoms with Crippen LogP contribution < -0.4 is 5.32 Å². The fourth-order valence-electron chi connectivity index (χ4n) is 4.23. The normalized spacial score (nSPS) is 18.4. The molecule has 3 atom stereocenters. The van der Waals surface area contributed by atoms with Crippen LogP contribution in [0.5, 0.6) is 0 Å². The van der Waals surface area contributed by atoms with Gasteiger partial charge in [-0.1, -0.05) is 36.4 Å². The highest BCUT2D eigenvalue weighted by Gasteiger charge is 2.46. The largest absolute Gasteiger partial charge is 0.459 e. The Morgan fingerprint density at radius 2 is 1.65 bits per heavy atom. The number of fused-ring (bicyclic) bond motifs is 1. The number of carbonyl (C=O) groups is 3. The van der Waals surface area contributed by atoms with Crippen molar-refractivity contribution in [2.45, 2.75) is 25.4 Å². The van der Waals surface area contributed by atoms with Crippen LogP contribution in [-0.4, -0.2) is 56.2 Å². The number of halogens is 2. The molecular formula is C27H21Br2N5O6. The molecule has 2 aromatic carbocycles. The Morgan fingerprint density at radius 1 is 0.975 bits per heavy atom. The summed E-state index contributed by atoms with van der Waals surface area (Å²) in [5.41, 5.74) is 1.98. The van der Waals surface area contributed by atoms with Crippen molar-refractivity contribution >= 4 is 66.7 Å². The molecule has 13 heteroatoms. The minimum absolute atomic E-state index is 0.155. The molecule has 1 aliphatic heterocycles. The molecule has 1 fully saturated rings. The number of esters is 2. The zero-order valence-electron chi connectivity index (χ0n) is 20.9. The molecule has 2 aromatic heterocycles. The van der Waals surface area contributed by atoms with Gasteiger partial charge in [0, 0.05) is 18.1 Å². The van der Waals surface area contributed by atoms with Crippen LogP contribution in [-0.2, 0) is 19.0 Å². The Labute approximate surface area is 244 Å². The first-order valence-electron chi connectivity index (χ1n) is 12.0. The smallest absolute Gasteiger partial charge is 0.338 e. The third-order valence-electron chi connectivity index (χ3n) is 6.00. The van der Waals surface area contributed by atoms with Gasteiger partial charge in [0.25, 0.3) is 5.91 Å². The number of hydrogen-bond donors (Lipinski definition) is 1. The number of amides is 1. The molecule has 4 aromatic rings. The molecule has 204 valence electrons. The molecule has 40 heavy (non-hydrogen) atoms. The Kier molecular flexibility index (Phi) is 8.33. The number of hydrogen-bond acceptors (Lipinski definition) is 9. The lowest BCUT2D eigenvalue weighted by Crippen LogP contribution is -2.26. The van der Waals surface area contributed by atoms with E-state index in [1.807, 2.05) is 6.07 Å². The van der Waals surface area contributed by atoms with Crippen LogP contribution in [0.1, 0.15) is 33.9 Å². The van der Waals surface area contributed by atoms with Gasteiger partial charge in [-0.3, -0.25) is 14.2 Å². The number of aromatic nitrogens is 4. The van der Waals surface area contributed by atoms with Crippen LogP contribution >= 0.6 is 31.9 Å². The predicted octanol–water partition coefficient (Wildman–Crippen LogP) is 4.77. The second kappa shape index (κ2) is 12.1. The van der Waals surface area contributed by atoms with Crippen LogP contribution in [0.25, 0.3) is 11.2 Å². The second-order valence-electron chi connectivity index (χ2n) is 8.59. The second-order valence-corrected chi connectivity index (χ2v) is 11.2. The highest BCUT2D eigenvalue weighted by atomic mass is 79.9. The molecule has 1 amide bonds. The third kappa shape index (κ3) is 5.81. The first-order valence-corrected chi connectivity index (χ1v) is 13.6. The van der Waals surface area contributed by atoms with Gasteiger partial charge in [-0.05, 0) is 56.1 Å². The SMILES string of the molecule is CC(=O)O[C@H]1C(=C(Br)Br)[C@@H](COC(=O)c2ccccc2)O[C@@H]1n1cnc2c(NC(=O)c3ccccc3)ncnc21. The monoisotopic (exact) mass is 669 g/mol. The van der Waals surface area contributed by atoms with Gasteiger partial charge in [0.2, 0.25) is 0 Å². The number of ether oxygens (including phenoxy) is 3. The van der Waals surface area contributed by atoms with E-state index in [1.165, 1.54) is 19.6 Å². The van der Waals surface area contributed by atoms with Crippen LogP contribution in [0.4, 0.5) is 5.82 Å². The zero-order valence-corrected chi connectivity index (χ0v) is 24.0. The van der Waals surface area contributed by atoms with Crippen LogP contribution in [0, 0.1) is 0 Å². The molecule has 0 unspecified atom stereocenters. The zero-order chi connectivity index (χ0) is 28.2. The van der Waals surface area contributed by atoms with Gasteiger partial charge in [-0.25, -0.2) is 19.7 Å². The van der Waals surface area contributed by atoms with E-state index in [0.717, 1.165) is 0 Å². The van der Waals surface area contributed by atoms with E-state index in [2.05, 4.69) is 52.1 Å². The quantitative estimate of drug-likeness (QED) is 0.276. The maximum Gasteiger partial charge on any atom is 0.338 e. The molecular weight excluding hydrogens is 650 g/mol. The van der Waals surface area contributed by atoms with Crippen molar-refractivity contribution in [3.63, 3.8) is 0 Å². The summed E-state index contributed by atoms with van der Waals surface area (Å²) in [5, 5.41) is 2.76. The summed E-state index contributed by atoms with van der Waals surface area (Å²) in [7, 11) is 0. The van der Waals surface area contributed by atoms with Crippen LogP contribution in [0.3, 0.4) is 0 Å². The molecule has 1 aliphatic rings. The number of carbonyl (C=O) groups excluding carboxylic acids is 3. The summed E-state index contributed by atoms with van der Waals surface area (Å²) in [4.78, 5) is 50.4. The number of nitrogens with zero attached hydrogens (tertiary/aromatic N) is 4. The topological polar surface area (TPSA) is 135 Å². The van der Waals surface area contributed by atoms with Crippen LogP contribution in [0.2, 0.25) is 0 Å². The van der Waals surface area contributed by atoms with E-state index in [-0.39, 0.29) is 18.3 Å². The Hall–Kier alpha value is -3.94. The first-order chi connectivity index (χ1) is 19.3. The summed E-state index contributed by atoms with van der Waals surface area (Å²) in [5.74, 6) is -1.24. The molecule has 5 rings (SSSR count). The van der Waals surface area contributed by atoms with Crippen molar-refractivity contribution in [2.75, 3.05) is 11.9 Å². The fraction of sp³-hybridized carbons (Fsp3) is 0.185. The van der Waals surface area contributed by atoms with Crippen molar-refractivity contribution in [1.82, 2.24) is 19.5 Å². The third-order valence-corrected chi connectivity index (χ3v) is 6.92. The molecule has 3 heterocycles. The van der Waals surface area contributed by atoms with Crippen molar-refractivity contribution in [3.8, 4) is 0 Å². The lowest BCUT2D eigenvalue weighted by atomic mass is 10.1. The van der Waals surface area contributed by atoms with E-state index in [4.69, 9.17) is 14.2 Å². The minimum atomic E-state index is -0.929. The Morgan fingerprint density at radius 3 is 2.30 bits per heavy atom. The van der Waals surface area contributed by atoms with E-state index < -0.39 is 30.4 Å². The lowest BCUT2D eigenvalue weighted by molar-refractivity contribution is -0.151. The Balaban J connectivity index is 1.45. The minimum Gasteiger partial charge on any atom is -0.459 e. The number of anilines is 1. The molecule has 0 saturated carbocycles. The summed E-state index contributed by atoms with van der Waals surface area (Å²) < 4.78 is 19.5. The van der Waals surface area contributed by atoms with Gasteiger partial charge in [0.15, 0.2) is 29.3 Å². The van der Waals surface area contributed by atoms with Gasteiger partial charge >= 0.3 is 11.9 Å². The number of benzene rings is 2. The molecule has 0 bridgehead atoms. The summed E-state index contributed by atoms with van der Waals surface area (Å²) in [6, 6.07) is 17.2. The highest BCUT2D eigenvalue weighted by Crippen LogP contribution is 2.42. The van der Waals surface area contributed by atoms with E-state index >= 15 is 0 Å². The molecule has 0 radical (unpaired) electrons. The van der Waals surface area contributed by atoms with Crippen molar-refractivity contribution in [2.24, 2.45) is 0 Å². The standard InChI is InChI=1S/C27H21Br2N5O6/c1-15(35)39-21-19(22(28)29)18(12-38-27(37)17-10-6-3-7-11-17)40-26(21)34-14-32-20-23(30-13-31-24(20)34)33-25(36)16-8-4-2-5-9-16/h2-11,13-14,18,21,26H,12H2,1H3,(H,30,31,33,36)/t18-,21+,26+/m1/s1. The lowest BCUT2D eigenvalue weighted by Gasteiger charge is -2.20. The average molecular weight is 671 g/mol. The molecule has 1 N–H and O–H groups in total. The van der Waals surface area contributed by atoms with Gasteiger partial charge in [0.05, 0.1) is 15.3 Å². The van der Waals surface area contributed by atoms with Crippen molar-refractivity contribution < 1.29 is 28.6 Å². The molecule has 0 spiro atoms. The maximum absolute atomic E-state index is 12.7. The summed E-state index contributed by atoms with van der Waals surface area (Å²) in [6.45, 7) is 1.13. The average Bonchev–Trinajstić information content (AvgIpc) is 3.54. The summed E-state index contributed by atoms with van der Waals surface area (Å²) in [6.07, 6.45) is 0.0972. The van der Waals surface area contributed by atoms with Gasteiger partial charge in [-0.15, -0.1) is 0 Å². The van der Waals surface area contributed by atoms with Gasteiger partial charge in [0.1, 0.15) is 19.0 Å². The maximum atomic E-state index is 12.7. The number of imidazole rings is 1. The molecule has 1 saturated heterocycles. The van der Waals surface area contributed by atoms with E-state index in [9.17, 15) is 14.4 Å².